The summed E-state index contributed by atoms with van der Waals surface area (Å²) in [7, 11) is 0. The summed E-state index contributed by atoms with van der Waals surface area (Å²) >= 11 is 0. The molecule has 22 heteroatoms. The Bertz CT molecular complexity index is 1580. The number of guanidine groups is 2. The van der Waals surface area contributed by atoms with Crippen molar-refractivity contribution in [3.05, 3.63) is 23.5 Å². The van der Waals surface area contributed by atoms with Crippen molar-refractivity contribution in [2.45, 2.75) is 60.4 Å². The van der Waals surface area contributed by atoms with Crippen LogP contribution in [0.3, 0.4) is 0 Å². The summed E-state index contributed by atoms with van der Waals surface area (Å²) in [6.45, 7) is 13.5. The number of hydrazine groups is 1. The van der Waals surface area contributed by atoms with Gasteiger partial charge in [-0.2, -0.15) is 15.5 Å². The molecule has 2 heterocycles. The van der Waals surface area contributed by atoms with E-state index in [-0.39, 0.29) is 58.8 Å². The molecule has 0 aliphatic heterocycles. The minimum atomic E-state index is -1.20. The molecule has 0 aromatic carbocycles. The van der Waals surface area contributed by atoms with Gasteiger partial charge in [-0.3, -0.25) is 15.6 Å². The van der Waals surface area contributed by atoms with Crippen molar-refractivity contribution in [1.29, 1.82) is 5.53 Å². The third kappa shape index (κ3) is 8.68. The Labute approximate surface area is 269 Å². The number of hydrogen-bond donors (Lipinski definition) is 9. The van der Waals surface area contributed by atoms with E-state index in [9.17, 15) is 9.59 Å². The van der Waals surface area contributed by atoms with Gasteiger partial charge in [0.25, 0.3) is 11.9 Å². The molecule has 0 bridgehead atoms. The number of ether oxygens (including phenoxy) is 2. The molecule has 0 atom stereocenters. The number of rotatable bonds is 13. The SMILES string of the molecule is CCC(C)(C)N(N=N)c1n[nH]c(N/C(N)=N/N=C(\N)Nc2nc(N(N)/C=C(\N)COC(=O)C(=O)OCC3=CC(C)(C)C3(C)C)n[nH]2)n1. The highest BCUT2D eigenvalue weighted by Crippen LogP contribution is 2.54. The number of anilines is 4. The fourth-order valence-electron chi connectivity index (χ4n) is 3.87. The fourth-order valence-corrected chi connectivity index (χ4v) is 3.87. The molecule has 13 N–H and O–H groups in total. The number of allylic oxidation sites excluding steroid dienone is 1. The highest BCUT2D eigenvalue weighted by Gasteiger charge is 2.46. The quantitative estimate of drug-likeness (QED) is 0.0206. The van der Waals surface area contributed by atoms with E-state index in [0.717, 1.165) is 10.6 Å². The maximum Gasteiger partial charge on any atom is 0.417 e. The molecule has 0 radical (unpaired) electrons. The third-order valence-corrected chi connectivity index (χ3v) is 7.81. The number of H-pyrrole nitrogens is 2. The predicted molar refractivity (Wildman–Crippen MR) is 172 cm³/mol. The summed E-state index contributed by atoms with van der Waals surface area (Å²) in [5.41, 5.74) is 25.2. The number of carbonyl (C=O) groups excluding carboxylic acids is 2. The van der Waals surface area contributed by atoms with Crippen LogP contribution in [0, 0.1) is 16.4 Å². The van der Waals surface area contributed by atoms with Crippen LogP contribution in [-0.2, 0) is 19.1 Å². The molecule has 256 valence electrons. The van der Waals surface area contributed by atoms with Crippen molar-refractivity contribution < 1.29 is 19.1 Å². The number of hydrogen-bond acceptors (Lipinski definition) is 15. The fraction of sp³-hybridized carbons (Fsp3) is 0.520. The van der Waals surface area contributed by atoms with E-state index in [2.05, 4.69) is 70.3 Å². The number of esters is 2. The first-order valence-electron chi connectivity index (χ1n) is 14.2. The highest BCUT2D eigenvalue weighted by molar-refractivity contribution is 6.29. The van der Waals surface area contributed by atoms with Gasteiger partial charge in [0.1, 0.15) is 13.2 Å². The largest absolute Gasteiger partial charge is 0.453 e. The summed E-state index contributed by atoms with van der Waals surface area (Å²) in [4.78, 5) is 32.4. The van der Waals surface area contributed by atoms with Crippen LogP contribution in [0.1, 0.15) is 54.9 Å². The van der Waals surface area contributed by atoms with Crippen LogP contribution in [0.2, 0.25) is 0 Å². The molecule has 0 saturated carbocycles. The minimum Gasteiger partial charge on any atom is -0.453 e. The number of aromatic amines is 2. The first kappa shape index (κ1) is 35.7. The van der Waals surface area contributed by atoms with E-state index in [1.807, 2.05) is 40.7 Å². The molecule has 0 unspecified atom stereocenters. The van der Waals surface area contributed by atoms with Gasteiger partial charge in [-0.05, 0) is 36.7 Å². The monoisotopic (exact) mass is 658 g/mol. The summed E-state index contributed by atoms with van der Waals surface area (Å²) < 4.78 is 9.98. The Morgan fingerprint density at radius 3 is 2.04 bits per heavy atom. The maximum atomic E-state index is 12.0. The van der Waals surface area contributed by atoms with E-state index in [4.69, 9.17) is 38.0 Å². The highest BCUT2D eigenvalue weighted by atomic mass is 16.6. The molecule has 0 saturated heterocycles. The predicted octanol–water partition coefficient (Wildman–Crippen LogP) is 0.491. The molecular weight excluding hydrogens is 616 g/mol. The van der Waals surface area contributed by atoms with Crippen molar-refractivity contribution in [1.82, 2.24) is 30.4 Å². The van der Waals surface area contributed by atoms with Crippen molar-refractivity contribution >= 4 is 47.7 Å². The van der Waals surface area contributed by atoms with Crippen molar-refractivity contribution in [2.24, 2.45) is 49.3 Å². The van der Waals surface area contributed by atoms with E-state index in [1.54, 1.807) is 0 Å². The van der Waals surface area contributed by atoms with Crippen LogP contribution in [0.15, 0.2) is 39.0 Å². The first-order valence-corrected chi connectivity index (χ1v) is 14.2. The molecule has 0 fully saturated rings. The Morgan fingerprint density at radius 1 is 1.00 bits per heavy atom. The summed E-state index contributed by atoms with van der Waals surface area (Å²) in [6, 6.07) is 0. The Morgan fingerprint density at radius 2 is 1.53 bits per heavy atom. The number of nitrogens with zero attached hydrogens (tertiary/aromatic N) is 9. The topological polar surface area (TPSA) is 331 Å². The van der Waals surface area contributed by atoms with Gasteiger partial charge in [0, 0.05) is 6.20 Å². The average molecular weight is 659 g/mol. The number of nitrogens with one attached hydrogen (secondary N) is 5. The Balaban J connectivity index is 1.48. The Hall–Kier alpha value is -5.80. The zero-order chi connectivity index (χ0) is 35.2. The van der Waals surface area contributed by atoms with Gasteiger partial charge in [-0.1, -0.05) is 45.9 Å². The third-order valence-electron chi connectivity index (χ3n) is 7.81. The molecule has 47 heavy (non-hydrogen) atoms. The lowest BCUT2D eigenvalue weighted by molar-refractivity contribution is -0.166. The normalized spacial score (nSPS) is 16.0. The van der Waals surface area contributed by atoms with Crippen molar-refractivity contribution in [2.75, 3.05) is 33.9 Å². The van der Waals surface area contributed by atoms with Crippen LogP contribution < -0.4 is 43.7 Å². The minimum absolute atomic E-state index is 0.00930. The van der Waals surface area contributed by atoms with E-state index in [1.165, 1.54) is 11.2 Å². The lowest BCUT2D eigenvalue weighted by atomic mass is 9.55. The van der Waals surface area contributed by atoms with E-state index >= 15 is 0 Å². The van der Waals surface area contributed by atoms with Gasteiger partial charge in [0.15, 0.2) is 0 Å². The Kier molecular flexibility index (Phi) is 10.7. The lowest BCUT2D eigenvalue weighted by Crippen LogP contribution is -2.43. The molecule has 22 nitrogen and oxygen atoms in total. The standard InChI is InChI=1S/C25H42N18O4/c1-8-24(4,5)43(41-29)22-34-20(38-40-22)32-18(28)36-35-17(27)31-19-33-21(39-37-19)42(30)10-14(26)12-47-16(45)15(44)46-11-13-9-23(2,3)25(13,6)7/h9-10,29H,8,11-12,26,30H2,1-7H3,(H4,27,31,33,35,37,39)(H4,28,32,34,36,38,40)/b14-10-,41-29?. The van der Waals surface area contributed by atoms with Gasteiger partial charge in [-0.15, -0.1) is 20.4 Å². The maximum absolute atomic E-state index is 12.0. The second-order valence-corrected chi connectivity index (χ2v) is 12.0. The molecule has 3 rings (SSSR count). The second-order valence-electron chi connectivity index (χ2n) is 12.0. The van der Waals surface area contributed by atoms with Crippen LogP contribution in [-0.4, -0.2) is 73.0 Å². The number of aromatic nitrogens is 6. The average Bonchev–Trinajstić information content (AvgIpc) is 3.66. The van der Waals surface area contributed by atoms with Crippen LogP contribution in [0.5, 0.6) is 0 Å². The molecule has 1 aliphatic carbocycles. The van der Waals surface area contributed by atoms with E-state index < -0.39 is 24.1 Å². The smallest absolute Gasteiger partial charge is 0.417 e. The molecule has 2 aromatic rings. The lowest BCUT2D eigenvalue weighted by Gasteiger charge is -2.50. The first-order chi connectivity index (χ1) is 21.9. The van der Waals surface area contributed by atoms with Crippen molar-refractivity contribution in [3.8, 4) is 0 Å². The summed E-state index contributed by atoms with van der Waals surface area (Å²) in [6.07, 6.45) is 3.87. The molecule has 0 amide bonds. The van der Waals surface area contributed by atoms with Gasteiger partial charge in [0.2, 0.25) is 23.8 Å². The zero-order valence-corrected chi connectivity index (χ0v) is 27.2. The summed E-state index contributed by atoms with van der Waals surface area (Å²) in [5, 5.41) is 31.6. The van der Waals surface area contributed by atoms with Gasteiger partial charge in [-0.25, -0.2) is 30.6 Å². The number of carbonyl (C=O) groups is 2. The van der Waals surface area contributed by atoms with Crippen LogP contribution >= 0.6 is 0 Å². The molecule has 1 aliphatic rings. The number of nitrogens with two attached hydrogens (primary N) is 4. The molecule has 2 aromatic heterocycles. The van der Waals surface area contributed by atoms with Gasteiger partial charge >= 0.3 is 11.9 Å². The molecule has 0 spiro atoms. The van der Waals surface area contributed by atoms with Crippen molar-refractivity contribution in [3.63, 3.8) is 0 Å². The van der Waals surface area contributed by atoms with E-state index in [0.29, 0.717) is 6.42 Å². The molecular formula is C25H42N18O4. The van der Waals surface area contributed by atoms with Crippen LogP contribution in [0.25, 0.3) is 0 Å². The van der Waals surface area contributed by atoms with Gasteiger partial charge in [0.05, 0.1) is 11.2 Å². The second kappa shape index (κ2) is 14.1. The van der Waals surface area contributed by atoms with Crippen LogP contribution in [0.4, 0.5) is 23.8 Å². The zero-order valence-electron chi connectivity index (χ0n) is 27.2. The summed E-state index contributed by atoms with van der Waals surface area (Å²) in [5.74, 6) is 3.42. The van der Waals surface area contributed by atoms with Gasteiger partial charge < -0.3 is 26.7 Å².